The summed E-state index contributed by atoms with van der Waals surface area (Å²) in [5.74, 6) is -3.93. The van der Waals surface area contributed by atoms with E-state index in [9.17, 15) is 60.7 Å². The summed E-state index contributed by atoms with van der Waals surface area (Å²) in [6.07, 6.45) is -15.6. The molecule has 3 saturated heterocycles. The molecule has 0 aliphatic carbocycles. The maximum absolute atomic E-state index is 14.2. The number of rotatable bonds is 9. The van der Waals surface area contributed by atoms with Crippen LogP contribution in [0.3, 0.4) is 0 Å². The number of nitrogens with zero attached hydrogens (tertiary/aromatic N) is 1. The molecule has 6 rings (SSSR count). The van der Waals surface area contributed by atoms with Crippen molar-refractivity contribution in [3.05, 3.63) is 46.1 Å². The van der Waals surface area contributed by atoms with E-state index in [1.807, 2.05) is 0 Å². The minimum atomic E-state index is -2.01. The number of carboxylic acids is 1. The summed E-state index contributed by atoms with van der Waals surface area (Å²) in [5, 5.41) is 104. The molecule has 11 atom stereocenters. The maximum Gasteiger partial charge on any atom is 0.320 e. The quantitative estimate of drug-likeness (QED) is 0.122. The van der Waals surface area contributed by atoms with Crippen LogP contribution in [-0.4, -0.2) is 143 Å². The molecule has 3 aliphatic heterocycles. The molecule has 1 aromatic heterocycles. The highest BCUT2D eigenvalue weighted by molar-refractivity contribution is 5.91. The summed E-state index contributed by atoms with van der Waals surface area (Å²) in [4.78, 5) is 27.6. The average Bonchev–Trinajstić information content (AvgIpc) is 3.57. The van der Waals surface area contributed by atoms with E-state index in [2.05, 4.69) is 0 Å². The van der Waals surface area contributed by atoms with Gasteiger partial charge < -0.3 is 74.4 Å². The topological polar surface area (TPSA) is 290 Å². The Hall–Kier alpha value is -4.08. The zero-order valence-corrected chi connectivity index (χ0v) is 27.1. The molecule has 0 amide bonds. The van der Waals surface area contributed by atoms with E-state index in [4.69, 9.17) is 23.4 Å². The molecule has 3 aromatic rings. The van der Waals surface area contributed by atoms with Gasteiger partial charge in [0.25, 0.3) is 0 Å². The van der Waals surface area contributed by atoms with Crippen LogP contribution in [0.5, 0.6) is 23.0 Å². The smallest absolute Gasteiger partial charge is 0.320 e. The number of aliphatic hydroxyl groups excluding tert-OH is 6. The summed E-state index contributed by atoms with van der Waals surface area (Å²) in [5.41, 5.74) is -1.58. The van der Waals surface area contributed by atoms with E-state index in [-0.39, 0.29) is 23.3 Å². The zero-order chi connectivity index (χ0) is 36.9. The Bertz CT molecular complexity index is 1820. The number of phenols is 3. The fourth-order valence-corrected chi connectivity index (χ4v) is 6.58. The first-order valence-electron chi connectivity index (χ1n) is 16.2. The highest BCUT2D eigenvalue weighted by Gasteiger charge is 2.48. The molecule has 18 nitrogen and oxygen atoms in total. The van der Waals surface area contributed by atoms with E-state index in [1.165, 1.54) is 31.2 Å². The predicted octanol–water partition coefficient (Wildman–Crippen LogP) is -1.34. The second kappa shape index (κ2) is 14.5. The number of aromatic hydroxyl groups is 3. The third-order valence-electron chi connectivity index (χ3n) is 9.48. The molecule has 3 fully saturated rings. The van der Waals surface area contributed by atoms with Crippen molar-refractivity contribution in [3.8, 4) is 34.3 Å². The van der Waals surface area contributed by atoms with Crippen LogP contribution in [0.25, 0.3) is 22.3 Å². The molecule has 3 aliphatic rings. The van der Waals surface area contributed by atoms with Crippen molar-refractivity contribution in [2.75, 3.05) is 13.2 Å². The Morgan fingerprint density at radius 3 is 2.27 bits per heavy atom. The lowest BCUT2D eigenvalue weighted by Gasteiger charge is -2.42. The zero-order valence-electron chi connectivity index (χ0n) is 27.1. The molecule has 2 aromatic carbocycles. The van der Waals surface area contributed by atoms with Crippen LogP contribution in [0.2, 0.25) is 0 Å². The lowest BCUT2D eigenvalue weighted by molar-refractivity contribution is -0.318. The third kappa shape index (κ3) is 6.83. The second-order valence-electron chi connectivity index (χ2n) is 12.8. The number of para-hydroxylation sites is 1. The second-order valence-corrected chi connectivity index (χ2v) is 12.8. The standard InChI is InChI=1S/C33H39NO17/c1-12-21(38)24(41)26(43)32(48-12)47-11-19-22(39)25(42)27(44)33(49-19)51-30-23(40)20-18(37)9-17(36)14(10-34-8-4-6-15(34)31(45)46)28(20)50-29(30)13-5-2-3-7-16(13)35/h2-3,5,7,9,12,15,19,21-22,24-27,32-33,35-39,41-44H,4,6,8,10-11H2,1H3,(H,45,46)/t12-,15-,19+,21+,22+,24+,25-,26-,27+,32-,33-/m1/s1. The van der Waals surface area contributed by atoms with Gasteiger partial charge in [-0.3, -0.25) is 14.5 Å². The predicted molar refractivity (Wildman–Crippen MR) is 170 cm³/mol. The van der Waals surface area contributed by atoms with Gasteiger partial charge in [0, 0.05) is 12.6 Å². The van der Waals surface area contributed by atoms with Crippen molar-refractivity contribution in [2.45, 2.75) is 93.8 Å². The first kappa shape index (κ1) is 36.7. The van der Waals surface area contributed by atoms with Crippen LogP contribution in [0.4, 0.5) is 0 Å². The third-order valence-corrected chi connectivity index (χ3v) is 9.48. The monoisotopic (exact) mass is 721 g/mol. The summed E-state index contributed by atoms with van der Waals surface area (Å²) in [6, 6.07) is 5.57. The van der Waals surface area contributed by atoms with Crippen molar-refractivity contribution >= 4 is 16.9 Å². The fraction of sp³-hybridized carbons (Fsp3) is 0.515. The number of ether oxygens (including phenoxy) is 4. The van der Waals surface area contributed by atoms with Crippen LogP contribution in [0.1, 0.15) is 25.3 Å². The molecule has 278 valence electrons. The first-order chi connectivity index (χ1) is 24.2. The molecule has 0 bridgehead atoms. The number of aliphatic hydroxyl groups is 6. The van der Waals surface area contributed by atoms with Gasteiger partial charge in [0.2, 0.25) is 17.5 Å². The molecular weight excluding hydrogens is 682 g/mol. The molecule has 4 heterocycles. The average molecular weight is 722 g/mol. The van der Waals surface area contributed by atoms with Crippen LogP contribution in [0.15, 0.2) is 39.5 Å². The number of carboxylic acid groups (broad SMARTS) is 1. The Morgan fingerprint density at radius 1 is 0.882 bits per heavy atom. The van der Waals surface area contributed by atoms with Gasteiger partial charge in [0.1, 0.15) is 71.4 Å². The van der Waals surface area contributed by atoms with Crippen LogP contribution in [-0.2, 0) is 25.5 Å². The minimum Gasteiger partial charge on any atom is -0.507 e. The van der Waals surface area contributed by atoms with Gasteiger partial charge in [0.15, 0.2) is 17.6 Å². The van der Waals surface area contributed by atoms with E-state index in [0.29, 0.717) is 19.4 Å². The van der Waals surface area contributed by atoms with Crippen molar-refractivity contribution < 1.29 is 79.2 Å². The molecule has 0 spiro atoms. The molecular formula is C33H39NO17. The van der Waals surface area contributed by atoms with E-state index >= 15 is 0 Å². The van der Waals surface area contributed by atoms with Crippen molar-refractivity contribution in [2.24, 2.45) is 0 Å². The van der Waals surface area contributed by atoms with Gasteiger partial charge in [-0.05, 0) is 38.4 Å². The summed E-state index contributed by atoms with van der Waals surface area (Å²) in [7, 11) is 0. The minimum absolute atomic E-state index is 0.0416. The molecule has 51 heavy (non-hydrogen) atoms. The number of likely N-dealkylation sites (tertiary alicyclic amines) is 1. The van der Waals surface area contributed by atoms with E-state index in [1.54, 1.807) is 4.90 Å². The first-order valence-corrected chi connectivity index (χ1v) is 16.2. The molecule has 10 N–H and O–H groups in total. The summed E-state index contributed by atoms with van der Waals surface area (Å²) in [6.45, 7) is 0.940. The summed E-state index contributed by atoms with van der Waals surface area (Å²) >= 11 is 0. The van der Waals surface area contributed by atoms with Gasteiger partial charge in [-0.15, -0.1) is 0 Å². The van der Waals surface area contributed by atoms with Gasteiger partial charge in [0.05, 0.1) is 23.8 Å². The normalized spacial score (nSPS) is 33.0. The molecule has 0 unspecified atom stereocenters. The Kier molecular flexibility index (Phi) is 10.4. The lowest BCUT2D eigenvalue weighted by Crippen LogP contribution is -2.61. The number of hydrogen-bond acceptors (Lipinski definition) is 17. The Morgan fingerprint density at radius 2 is 1.57 bits per heavy atom. The van der Waals surface area contributed by atoms with E-state index in [0.717, 1.165) is 6.07 Å². The largest absolute Gasteiger partial charge is 0.507 e. The van der Waals surface area contributed by atoms with Crippen molar-refractivity contribution in [1.82, 2.24) is 4.90 Å². The van der Waals surface area contributed by atoms with Crippen LogP contribution < -0.4 is 10.2 Å². The van der Waals surface area contributed by atoms with Gasteiger partial charge >= 0.3 is 5.97 Å². The number of carbonyl (C=O) groups is 1. The Labute approximate surface area is 288 Å². The SMILES string of the molecule is C[C@H]1O[C@@H](OC[C@@H]2O[C@H](Oc3c(-c4ccccc4O)oc4c(CN5CCC[C@@H]5C(=O)O)c(O)cc(O)c4c3=O)[C@@H](O)[C@H](O)[C@H]2O)[C@H](O)[C@@H](O)[C@H]1O. The molecule has 18 heteroatoms. The fourth-order valence-electron chi connectivity index (χ4n) is 6.58. The van der Waals surface area contributed by atoms with Crippen LogP contribution >= 0.6 is 0 Å². The summed E-state index contributed by atoms with van der Waals surface area (Å²) < 4.78 is 28.5. The molecule has 0 saturated carbocycles. The molecule has 0 radical (unpaired) electrons. The number of hydrogen-bond donors (Lipinski definition) is 10. The van der Waals surface area contributed by atoms with Gasteiger partial charge in [-0.1, -0.05) is 12.1 Å². The number of aliphatic carboxylic acids is 1. The number of phenolic OH excluding ortho intramolecular Hbond substituents is 3. The lowest BCUT2D eigenvalue weighted by atomic mass is 9.98. The number of benzene rings is 2. The van der Waals surface area contributed by atoms with Crippen LogP contribution in [0, 0.1) is 0 Å². The van der Waals surface area contributed by atoms with Crippen molar-refractivity contribution in [3.63, 3.8) is 0 Å². The maximum atomic E-state index is 14.2. The highest BCUT2D eigenvalue weighted by atomic mass is 16.7. The highest BCUT2D eigenvalue weighted by Crippen LogP contribution is 2.42. The van der Waals surface area contributed by atoms with Gasteiger partial charge in [-0.2, -0.15) is 0 Å². The number of fused-ring (bicyclic) bond motifs is 1. The van der Waals surface area contributed by atoms with Gasteiger partial charge in [-0.25, -0.2) is 0 Å². The van der Waals surface area contributed by atoms with Crippen molar-refractivity contribution in [1.29, 1.82) is 0 Å². The Balaban J connectivity index is 1.38. The van der Waals surface area contributed by atoms with E-state index < -0.39 is 120 Å².